The molecule has 6 heteroatoms. The Morgan fingerprint density at radius 1 is 0.903 bits per heavy atom. The van der Waals surface area contributed by atoms with Crippen LogP contribution in [-0.4, -0.2) is 32.6 Å². The Morgan fingerprint density at radius 3 is 2.26 bits per heavy atom. The van der Waals surface area contributed by atoms with Gasteiger partial charge in [-0.1, -0.05) is 42.5 Å². The van der Waals surface area contributed by atoms with Gasteiger partial charge in [0.15, 0.2) is 11.5 Å². The fraction of sp³-hybridized carbons (Fsp3) is 0.200. The molecular weight excluding hydrogens is 392 g/mol. The van der Waals surface area contributed by atoms with Crippen LogP contribution in [0.5, 0.6) is 11.5 Å². The molecule has 1 aliphatic rings. The first kappa shape index (κ1) is 20.5. The summed E-state index contributed by atoms with van der Waals surface area (Å²) in [5, 5.41) is 2.93. The number of methoxy groups -OCH3 is 2. The van der Waals surface area contributed by atoms with Crippen LogP contribution in [-0.2, 0) is 9.59 Å². The third-order valence-corrected chi connectivity index (χ3v) is 5.43. The van der Waals surface area contributed by atoms with E-state index in [1.54, 1.807) is 37.3 Å². The summed E-state index contributed by atoms with van der Waals surface area (Å²) >= 11 is 0. The zero-order valence-electron chi connectivity index (χ0n) is 17.5. The average Bonchev–Trinajstić information content (AvgIpc) is 3.21. The summed E-state index contributed by atoms with van der Waals surface area (Å²) in [4.78, 5) is 27.0. The van der Waals surface area contributed by atoms with Gasteiger partial charge in [-0.15, -0.1) is 0 Å². The van der Waals surface area contributed by atoms with Crippen LogP contribution < -0.4 is 19.7 Å². The molecule has 1 fully saturated rings. The van der Waals surface area contributed by atoms with Gasteiger partial charge >= 0.3 is 0 Å². The molecule has 6 nitrogen and oxygen atoms in total. The number of nitrogens with zero attached hydrogens (tertiary/aromatic N) is 1. The first-order valence-electron chi connectivity index (χ1n) is 10.1. The molecule has 4 rings (SSSR count). The van der Waals surface area contributed by atoms with Crippen LogP contribution in [0.3, 0.4) is 0 Å². The van der Waals surface area contributed by atoms with Gasteiger partial charge in [0.2, 0.25) is 11.8 Å². The van der Waals surface area contributed by atoms with Crippen LogP contribution >= 0.6 is 0 Å². The zero-order valence-corrected chi connectivity index (χ0v) is 17.5. The fourth-order valence-corrected chi connectivity index (χ4v) is 3.75. The topological polar surface area (TPSA) is 67.9 Å². The predicted molar refractivity (Wildman–Crippen MR) is 121 cm³/mol. The molecular formula is C25H24N2O4. The maximum absolute atomic E-state index is 12.8. The average molecular weight is 416 g/mol. The van der Waals surface area contributed by atoms with E-state index in [-0.39, 0.29) is 18.2 Å². The van der Waals surface area contributed by atoms with Gasteiger partial charge in [0, 0.05) is 30.4 Å². The molecule has 2 amide bonds. The summed E-state index contributed by atoms with van der Waals surface area (Å²) in [6.07, 6.45) is 0.169. The molecule has 1 N–H and O–H groups in total. The molecule has 31 heavy (non-hydrogen) atoms. The van der Waals surface area contributed by atoms with E-state index < -0.39 is 5.92 Å². The van der Waals surface area contributed by atoms with Crippen LogP contribution in [0.15, 0.2) is 72.8 Å². The number of hydrogen-bond donors (Lipinski definition) is 1. The number of nitrogens with one attached hydrogen (secondary N) is 1. The number of carbonyl (C=O) groups is 2. The van der Waals surface area contributed by atoms with Gasteiger partial charge in [0.05, 0.1) is 20.1 Å². The van der Waals surface area contributed by atoms with Gasteiger partial charge in [0.25, 0.3) is 0 Å². The third-order valence-electron chi connectivity index (χ3n) is 5.43. The number of hydrogen-bond acceptors (Lipinski definition) is 4. The van der Waals surface area contributed by atoms with Gasteiger partial charge in [-0.25, -0.2) is 0 Å². The highest BCUT2D eigenvalue weighted by atomic mass is 16.5. The molecule has 1 aliphatic heterocycles. The minimum atomic E-state index is -0.422. The standard InChI is InChI=1S/C25H24N2O4/c1-30-22-13-12-21(15-23(22)31-2)27-16-19(14-24(27)28)25(29)26-20-10-8-18(9-11-20)17-6-4-3-5-7-17/h3-13,15,19H,14,16H2,1-2H3,(H,26,29). The zero-order chi connectivity index (χ0) is 21.8. The lowest BCUT2D eigenvalue weighted by Crippen LogP contribution is -2.28. The molecule has 0 spiro atoms. The lowest BCUT2D eigenvalue weighted by atomic mass is 10.0. The van der Waals surface area contributed by atoms with Gasteiger partial charge < -0.3 is 19.7 Å². The highest BCUT2D eigenvalue weighted by Gasteiger charge is 2.35. The van der Waals surface area contributed by atoms with E-state index >= 15 is 0 Å². The van der Waals surface area contributed by atoms with Gasteiger partial charge in [-0.2, -0.15) is 0 Å². The van der Waals surface area contributed by atoms with E-state index in [2.05, 4.69) is 5.32 Å². The van der Waals surface area contributed by atoms with Crippen molar-refractivity contribution in [3.05, 3.63) is 72.8 Å². The summed E-state index contributed by atoms with van der Waals surface area (Å²) in [5.74, 6) is 0.454. The summed E-state index contributed by atoms with van der Waals surface area (Å²) < 4.78 is 10.6. The highest BCUT2D eigenvalue weighted by Crippen LogP contribution is 2.34. The van der Waals surface area contributed by atoms with Crippen molar-refractivity contribution in [1.82, 2.24) is 0 Å². The van der Waals surface area contributed by atoms with Crippen molar-refractivity contribution >= 4 is 23.2 Å². The molecule has 1 unspecified atom stereocenters. The smallest absolute Gasteiger partial charge is 0.229 e. The van der Waals surface area contributed by atoms with E-state index in [0.29, 0.717) is 29.4 Å². The molecule has 1 atom stereocenters. The van der Waals surface area contributed by atoms with Crippen molar-refractivity contribution in [1.29, 1.82) is 0 Å². The number of amides is 2. The molecule has 3 aromatic carbocycles. The molecule has 1 saturated heterocycles. The van der Waals surface area contributed by atoms with Gasteiger partial charge in [0.1, 0.15) is 0 Å². The maximum Gasteiger partial charge on any atom is 0.229 e. The monoisotopic (exact) mass is 416 g/mol. The number of benzene rings is 3. The van der Waals surface area contributed by atoms with Crippen LogP contribution in [0, 0.1) is 5.92 Å². The molecule has 3 aromatic rings. The van der Waals surface area contributed by atoms with Crippen LogP contribution in [0.1, 0.15) is 6.42 Å². The minimum Gasteiger partial charge on any atom is -0.493 e. The third kappa shape index (κ3) is 4.38. The van der Waals surface area contributed by atoms with Crippen molar-refractivity contribution < 1.29 is 19.1 Å². The maximum atomic E-state index is 12.8. The second-order valence-corrected chi connectivity index (χ2v) is 7.38. The van der Waals surface area contributed by atoms with Crippen molar-refractivity contribution in [3.8, 4) is 22.6 Å². The van der Waals surface area contributed by atoms with Crippen molar-refractivity contribution in [2.45, 2.75) is 6.42 Å². The largest absolute Gasteiger partial charge is 0.493 e. The summed E-state index contributed by atoms with van der Waals surface area (Å²) in [5.41, 5.74) is 3.59. The van der Waals surface area contributed by atoms with Crippen molar-refractivity contribution in [2.75, 3.05) is 31.0 Å². The lowest BCUT2D eigenvalue weighted by molar-refractivity contribution is -0.122. The molecule has 1 heterocycles. The van der Waals surface area contributed by atoms with Crippen LogP contribution in [0.2, 0.25) is 0 Å². The fourth-order valence-electron chi connectivity index (χ4n) is 3.75. The Labute approximate surface area is 181 Å². The Bertz CT molecular complexity index is 1080. The number of anilines is 2. The Kier molecular flexibility index (Phi) is 5.89. The van der Waals surface area contributed by atoms with Crippen LogP contribution in [0.4, 0.5) is 11.4 Å². The Morgan fingerprint density at radius 2 is 1.58 bits per heavy atom. The first-order valence-corrected chi connectivity index (χ1v) is 10.1. The first-order chi connectivity index (χ1) is 15.1. The summed E-state index contributed by atoms with van der Waals surface area (Å²) in [6.45, 7) is 0.322. The molecule has 158 valence electrons. The van der Waals surface area contributed by atoms with Crippen LogP contribution in [0.25, 0.3) is 11.1 Å². The summed E-state index contributed by atoms with van der Waals surface area (Å²) in [6, 6.07) is 23.0. The quantitative estimate of drug-likeness (QED) is 0.648. The Balaban J connectivity index is 1.43. The minimum absolute atomic E-state index is 0.0909. The molecule has 0 radical (unpaired) electrons. The van der Waals surface area contributed by atoms with Gasteiger partial charge in [-0.05, 0) is 35.4 Å². The SMILES string of the molecule is COc1ccc(N2CC(C(=O)Nc3ccc(-c4ccccc4)cc3)CC2=O)cc1OC. The highest BCUT2D eigenvalue weighted by molar-refractivity contribution is 6.03. The molecule has 0 bridgehead atoms. The molecule has 0 saturated carbocycles. The number of rotatable bonds is 6. The second kappa shape index (κ2) is 8.92. The number of ether oxygens (including phenoxy) is 2. The van der Waals surface area contributed by atoms with Crippen molar-refractivity contribution in [3.63, 3.8) is 0 Å². The Hall–Kier alpha value is -3.80. The lowest BCUT2D eigenvalue weighted by Gasteiger charge is -2.18. The normalized spacial score (nSPS) is 15.6. The van der Waals surface area contributed by atoms with E-state index in [1.165, 1.54) is 0 Å². The molecule has 0 aliphatic carbocycles. The second-order valence-electron chi connectivity index (χ2n) is 7.38. The molecule has 0 aromatic heterocycles. The van der Waals surface area contributed by atoms with E-state index in [1.807, 2.05) is 54.6 Å². The summed E-state index contributed by atoms with van der Waals surface area (Å²) in [7, 11) is 3.11. The van der Waals surface area contributed by atoms with E-state index in [0.717, 1.165) is 11.1 Å². The van der Waals surface area contributed by atoms with Gasteiger partial charge in [-0.3, -0.25) is 9.59 Å². The predicted octanol–water partition coefficient (Wildman–Crippen LogP) is 4.36. The number of carbonyl (C=O) groups excluding carboxylic acids is 2. The van der Waals surface area contributed by atoms with E-state index in [4.69, 9.17) is 9.47 Å². The van der Waals surface area contributed by atoms with E-state index in [9.17, 15) is 9.59 Å². The van der Waals surface area contributed by atoms with Crippen molar-refractivity contribution in [2.24, 2.45) is 5.92 Å².